The molecule has 30 heavy (non-hydrogen) atoms. The smallest absolute Gasteiger partial charge is 0.334 e. The van der Waals surface area contributed by atoms with Crippen LogP contribution in [-0.4, -0.2) is 40.3 Å². The maximum absolute atomic E-state index is 13.2. The van der Waals surface area contributed by atoms with Gasteiger partial charge in [0.15, 0.2) is 12.1 Å². The van der Waals surface area contributed by atoms with Crippen molar-refractivity contribution in [2.45, 2.75) is 37.5 Å². The number of halogens is 1. The van der Waals surface area contributed by atoms with Crippen LogP contribution < -0.4 is 5.32 Å². The monoisotopic (exact) mass is 426 g/mol. The molecular formula is C23H23ClN2O4. The predicted octanol–water partition coefficient (Wildman–Crippen LogP) is 3.18. The fourth-order valence-corrected chi connectivity index (χ4v) is 3.79. The molecule has 1 saturated heterocycles. The lowest BCUT2D eigenvalue weighted by molar-refractivity contribution is -0.165. The molecule has 0 aromatic heterocycles. The van der Waals surface area contributed by atoms with Crippen molar-refractivity contribution in [1.82, 2.24) is 10.2 Å². The topological polar surface area (TPSA) is 75.7 Å². The molecular weight excluding hydrogens is 404 g/mol. The van der Waals surface area contributed by atoms with Gasteiger partial charge < -0.3 is 15.0 Å². The van der Waals surface area contributed by atoms with Crippen LogP contribution in [0.5, 0.6) is 0 Å². The van der Waals surface area contributed by atoms with E-state index in [1.807, 2.05) is 60.7 Å². The van der Waals surface area contributed by atoms with Gasteiger partial charge in [-0.3, -0.25) is 9.59 Å². The molecule has 0 radical (unpaired) electrons. The summed E-state index contributed by atoms with van der Waals surface area (Å²) in [4.78, 5) is 38.2. The Kier molecular flexibility index (Phi) is 6.57. The van der Waals surface area contributed by atoms with Gasteiger partial charge in [0.1, 0.15) is 11.5 Å². The number of amides is 2. The average Bonchev–Trinajstić information content (AvgIpc) is 2.74. The SMILES string of the molecule is C=C(C)C(C(=O)OC(c1ccccc1)c1ccccc1)N1C(=O)C(NC(C)=O)C1Cl. The maximum atomic E-state index is 13.2. The van der Waals surface area contributed by atoms with Crippen LogP contribution in [0.1, 0.15) is 31.1 Å². The lowest BCUT2D eigenvalue weighted by Crippen LogP contribution is -2.72. The van der Waals surface area contributed by atoms with E-state index in [0.29, 0.717) is 5.57 Å². The van der Waals surface area contributed by atoms with Crippen molar-refractivity contribution < 1.29 is 19.1 Å². The Morgan fingerprint density at radius 2 is 1.53 bits per heavy atom. The molecule has 3 atom stereocenters. The van der Waals surface area contributed by atoms with Crippen LogP contribution in [-0.2, 0) is 19.1 Å². The van der Waals surface area contributed by atoms with Crippen LogP contribution in [0.4, 0.5) is 0 Å². The number of hydrogen-bond donors (Lipinski definition) is 1. The molecule has 1 heterocycles. The molecule has 156 valence electrons. The van der Waals surface area contributed by atoms with Gasteiger partial charge in [-0.2, -0.15) is 0 Å². The van der Waals surface area contributed by atoms with Crippen LogP contribution >= 0.6 is 11.6 Å². The highest BCUT2D eigenvalue weighted by atomic mass is 35.5. The Morgan fingerprint density at radius 1 is 1.03 bits per heavy atom. The standard InChI is InChI=1S/C23H23ClN2O4/c1-14(2)19(26-21(24)18(22(26)28)25-15(3)27)23(29)30-20(16-10-6-4-7-11-16)17-12-8-5-9-13-17/h4-13,18-21H,1H2,2-3H3,(H,25,27). The third-order valence-corrected chi connectivity index (χ3v) is 5.29. The van der Waals surface area contributed by atoms with Crippen molar-refractivity contribution >= 4 is 29.4 Å². The van der Waals surface area contributed by atoms with Crippen LogP contribution in [0.3, 0.4) is 0 Å². The number of β-lactam (4-membered cyclic amide) rings is 1. The zero-order valence-electron chi connectivity index (χ0n) is 16.7. The van der Waals surface area contributed by atoms with E-state index in [2.05, 4.69) is 11.9 Å². The number of alkyl halides is 1. The van der Waals surface area contributed by atoms with E-state index in [4.69, 9.17) is 16.3 Å². The van der Waals surface area contributed by atoms with E-state index in [9.17, 15) is 14.4 Å². The Bertz CT molecular complexity index is 909. The van der Waals surface area contributed by atoms with E-state index in [1.54, 1.807) is 6.92 Å². The minimum absolute atomic E-state index is 0.374. The van der Waals surface area contributed by atoms with Gasteiger partial charge in [0.05, 0.1) is 0 Å². The molecule has 0 aliphatic carbocycles. The molecule has 1 fully saturated rings. The number of carbonyl (C=O) groups is 3. The first-order valence-corrected chi connectivity index (χ1v) is 9.94. The normalized spacial score (nSPS) is 19.1. The van der Waals surface area contributed by atoms with Gasteiger partial charge in [-0.15, -0.1) is 0 Å². The second-order valence-electron chi connectivity index (χ2n) is 7.18. The first-order valence-electron chi connectivity index (χ1n) is 9.50. The van der Waals surface area contributed by atoms with Crippen molar-refractivity contribution in [3.05, 3.63) is 83.9 Å². The summed E-state index contributed by atoms with van der Waals surface area (Å²) in [6.07, 6.45) is -0.655. The van der Waals surface area contributed by atoms with Gasteiger partial charge in [-0.25, -0.2) is 4.79 Å². The zero-order valence-corrected chi connectivity index (χ0v) is 17.5. The summed E-state index contributed by atoms with van der Waals surface area (Å²) in [7, 11) is 0. The summed E-state index contributed by atoms with van der Waals surface area (Å²) >= 11 is 6.31. The molecule has 1 aliphatic heterocycles. The van der Waals surface area contributed by atoms with Crippen molar-refractivity contribution in [2.75, 3.05) is 0 Å². The summed E-state index contributed by atoms with van der Waals surface area (Å²) in [5.74, 6) is -1.46. The molecule has 1 aliphatic rings. The summed E-state index contributed by atoms with van der Waals surface area (Å²) in [5, 5.41) is 2.49. The number of carbonyl (C=O) groups excluding carboxylic acids is 3. The van der Waals surface area contributed by atoms with E-state index < -0.39 is 35.6 Å². The molecule has 2 amide bonds. The van der Waals surface area contributed by atoms with Crippen molar-refractivity contribution in [3.8, 4) is 0 Å². The first kappa shape index (κ1) is 21.6. The highest BCUT2D eigenvalue weighted by Gasteiger charge is 2.52. The fourth-order valence-electron chi connectivity index (χ4n) is 3.41. The molecule has 0 spiro atoms. The summed E-state index contributed by atoms with van der Waals surface area (Å²) < 4.78 is 5.88. The highest BCUT2D eigenvalue weighted by Crippen LogP contribution is 2.32. The van der Waals surface area contributed by atoms with Gasteiger partial charge in [-0.05, 0) is 23.6 Å². The quantitative estimate of drug-likeness (QED) is 0.242. The van der Waals surface area contributed by atoms with Crippen LogP contribution in [0.25, 0.3) is 0 Å². The van der Waals surface area contributed by atoms with E-state index in [-0.39, 0.29) is 5.91 Å². The Morgan fingerprint density at radius 3 is 1.93 bits per heavy atom. The number of ether oxygens (including phenoxy) is 1. The van der Waals surface area contributed by atoms with Gasteiger partial charge in [0.25, 0.3) is 5.91 Å². The third-order valence-electron chi connectivity index (χ3n) is 4.83. The van der Waals surface area contributed by atoms with Crippen LogP contribution in [0, 0.1) is 0 Å². The van der Waals surface area contributed by atoms with E-state index >= 15 is 0 Å². The molecule has 0 bridgehead atoms. The minimum atomic E-state index is -1.06. The van der Waals surface area contributed by atoms with Crippen molar-refractivity contribution in [3.63, 3.8) is 0 Å². The number of esters is 1. The lowest BCUT2D eigenvalue weighted by atomic mass is 9.98. The predicted molar refractivity (Wildman–Crippen MR) is 114 cm³/mol. The molecule has 3 unspecified atom stereocenters. The van der Waals surface area contributed by atoms with Crippen molar-refractivity contribution in [2.24, 2.45) is 0 Å². The number of hydrogen-bond acceptors (Lipinski definition) is 4. The number of likely N-dealkylation sites (tertiary alicyclic amines) is 1. The summed E-state index contributed by atoms with van der Waals surface area (Å²) in [6.45, 7) is 6.78. The fraction of sp³-hybridized carbons (Fsp3) is 0.261. The lowest BCUT2D eigenvalue weighted by Gasteiger charge is -2.47. The number of benzene rings is 2. The summed E-state index contributed by atoms with van der Waals surface area (Å²) in [6, 6.07) is 16.7. The zero-order chi connectivity index (χ0) is 21.8. The Hall–Kier alpha value is -3.12. The second kappa shape index (κ2) is 9.13. The minimum Gasteiger partial charge on any atom is -0.451 e. The number of rotatable bonds is 7. The number of nitrogens with one attached hydrogen (secondary N) is 1. The van der Waals surface area contributed by atoms with Gasteiger partial charge >= 0.3 is 5.97 Å². The van der Waals surface area contributed by atoms with Crippen LogP contribution in [0.15, 0.2) is 72.8 Å². The second-order valence-corrected chi connectivity index (χ2v) is 7.63. The molecule has 2 aromatic carbocycles. The molecule has 2 aromatic rings. The average molecular weight is 427 g/mol. The Labute approximate surface area is 180 Å². The first-order chi connectivity index (χ1) is 14.3. The number of nitrogens with zero attached hydrogens (tertiary/aromatic N) is 1. The van der Waals surface area contributed by atoms with Gasteiger partial charge in [0, 0.05) is 6.92 Å². The van der Waals surface area contributed by atoms with E-state index in [1.165, 1.54) is 11.8 Å². The largest absolute Gasteiger partial charge is 0.451 e. The molecule has 1 N–H and O–H groups in total. The molecule has 6 nitrogen and oxygen atoms in total. The maximum Gasteiger partial charge on any atom is 0.334 e. The Balaban J connectivity index is 1.85. The van der Waals surface area contributed by atoms with E-state index in [0.717, 1.165) is 11.1 Å². The van der Waals surface area contributed by atoms with Gasteiger partial charge in [0.2, 0.25) is 5.91 Å². The molecule has 7 heteroatoms. The summed E-state index contributed by atoms with van der Waals surface area (Å²) in [5.41, 5.74) is 1.14. The molecule has 3 rings (SSSR count). The van der Waals surface area contributed by atoms with Gasteiger partial charge in [-0.1, -0.05) is 78.8 Å². The van der Waals surface area contributed by atoms with Crippen LogP contribution in [0.2, 0.25) is 0 Å². The third kappa shape index (κ3) is 4.39. The molecule has 0 saturated carbocycles. The highest BCUT2D eigenvalue weighted by molar-refractivity contribution is 6.27. The van der Waals surface area contributed by atoms with Crippen molar-refractivity contribution in [1.29, 1.82) is 0 Å².